The Bertz CT molecular complexity index is 926. The van der Waals surface area contributed by atoms with Crippen LogP contribution in [0.1, 0.15) is 44.0 Å². The molecule has 0 spiro atoms. The second-order valence-corrected chi connectivity index (χ2v) is 7.48. The summed E-state index contributed by atoms with van der Waals surface area (Å²) in [4.78, 5) is 20.4. The third-order valence-electron chi connectivity index (χ3n) is 5.30. The number of pyridine rings is 1. The van der Waals surface area contributed by atoms with Crippen LogP contribution < -0.4 is 0 Å². The number of rotatable bonds is 5. The number of carbonyl (C=O) groups excluding carboxylic acids is 1. The molecule has 1 saturated carbocycles. The van der Waals surface area contributed by atoms with Crippen LogP contribution in [0.15, 0.2) is 53.1 Å². The molecule has 0 N–H and O–H groups in total. The first-order valence-corrected chi connectivity index (χ1v) is 9.32. The molecule has 1 fully saturated rings. The molecule has 0 aliphatic heterocycles. The van der Waals surface area contributed by atoms with Crippen molar-refractivity contribution in [1.82, 2.24) is 9.88 Å². The van der Waals surface area contributed by atoms with Gasteiger partial charge in [0.2, 0.25) is 0 Å². The van der Waals surface area contributed by atoms with Gasteiger partial charge in [-0.1, -0.05) is 32.0 Å². The van der Waals surface area contributed by atoms with Crippen LogP contribution in [0.25, 0.3) is 22.4 Å². The number of hydrogen-bond donors (Lipinski definition) is 0. The van der Waals surface area contributed by atoms with Gasteiger partial charge in [0.05, 0.1) is 17.3 Å². The Morgan fingerprint density at radius 3 is 2.58 bits per heavy atom. The van der Waals surface area contributed by atoms with Gasteiger partial charge in [0, 0.05) is 17.5 Å². The Balaban J connectivity index is 1.85. The minimum atomic E-state index is 0.0973. The second kappa shape index (κ2) is 6.60. The summed E-state index contributed by atoms with van der Waals surface area (Å²) in [6.45, 7) is 6.50. The maximum Gasteiger partial charge on any atom is 0.255 e. The number of nitrogens with zero attached hydrogens (tertiary/aromatic N) is 2. The molecule has 4 heteroatoms. The molecular formula is C22H24N2O2. The number of benzene rings is 1. The van der Waals surface area contributed by atoms with Gasteiger partial charge in [0.25, 0.3) is 5.91 Å². The summed E-state index contributed by atoms with van der Waals surface area (Å²) in [6, 6.07) is 14.0. The third-order valence-corrected chi connectivity index (χ3v) is 5.30. The highest BCUT2D eigenvalue weighted by Gasteiger charge is 2.37. The van der Waals surface area contributed by atoms with E-state index in [-0.39, 0.29) is 11.9 Å². The zero-order valence-corrected chi connectivity index (χ0v) is 15.5. The van der Waals surface area contributed by atoms with E-state index < -0.39 is 0 Å². The van der Waals surface area contributed by atoms with Gasteiger partial charge in [0.15, 0.2) is 5.76 Å². The molecule has 0 radical (unpaired) electrons. The highest BCUT2D eigenvalue weighted by molar-refractivity contribution is 6.07. The van der Waals surface area contributed by atoms with Gasteiger partial charge >= 0.3 is 0 Å². The maximum absolute atomic E-state index is 13.6. The first-order valence-electron chi connectivity index (χ1n) is 9.32. The van der Waals surface area contributed by atoms with E-state index in [1.165, 1.54) is 0 Å². The zero-order chi connectivity index (χ0) is 18.3. The average Bonchev–Trinajstić information content (AvgIpc) is 3.32. The molecule has 4 rings (SSSR count). The normalized spacial score (nSPS) is 15.4. The van der Waals surface area contributed by atoms with Crippen LogP contribution in [0, 0.1) is 5.92 Å². The Labute approximate surface area is 153 Å². The highest BCUT2D eigenvalue weighted by Crippen LogP contribution is 2.34. The van der Waals surface area contributed by atoms with E-state index in [9.17, 15) is 4.79 Å². The molecule has 2 heterocycles. The average molecular weight is 348 g/mol. The lowest BCUT2D eigenvalue weighted by Crippen LogP contribution is -2.43. The summed E-state index contributed by atoms with van der Waals surface area (Å²) >= 11 is 0. The quantitative estimate of drug-likeness (QED) is 0.641. The molecule has 1 atom stereocenters. The lowest BCUT2D eigenvalue weighted by molar-refractivity contribution is 0.0630. The number of furan rings is 1. The fraction of sp³-hybridized carbons (Fsp3) is 0.364. The predicted molar refractivity (Wildman–Crippen MR) is 103 cm³/mol. The highest BCUT2D eigenvalue weighted by atomic mass is 16.3. The van der Waals surface area contributed by atoms with E-state index in [0.29, 0.717) is 29.0 Å². The summed E-state index contributed by atoms with van der Waals surface area (Å²) in [7, 11) is 0. The molecule has 4 nitrogen and oxygen atoms in total. The van der Waals surface area contributed by atoms with E-state index in [0.717, 1.165) is 23.7 Å². The molecule has 1 aromatic carbocycles. The Kier molecular flexibility index (Phi) is 4.27. The molecule has 0 bridgehead atoms. The summed E-state index contributed by atoms with van der Waals surface area (Å²) in [6.07, 6.45) is 3.82. The monoisotopic (exact) mass is 348 g/mol. The molecule has 0 saturated heterocycles. The zero-order valence-electron chi connectivity index (χ0n) is 15.5. The van der Waals surface area contributed by atoms with Gasteiger partial charge in [-0.15, -0.1) is 0 Å². The Hall–Kier alpha value is -2.62. The van der Waals surface area contributed by atoms with Crippen molar-refractivity contribution in [3.8, 4) is 11.5 Å². The standard InChI is InChI=1S/C22H24N2O2/c1-14(2)15(3)24(16-10-11-16)22(25)18-13-20(21-9-6-12-26-21)23-19-8-5-4-7-17(18)19/h4-9,12-16H,10-11H2,1-3H3/t15-/m0/s1. The topological polar surface area (TPSA) is 46.3 Å². The minimum absolute atomic E-state index is 0.0973. The molecule has 1 aliphatic rings. The summed E-state index contributed by atoms with van der Waals surface area (Å²) in [5.41, 5.74) is 2.23. The van der Waals surface area contributed by atoms with Crippen molar-refractivity contribution in [1.29, 1.82) is 0 Å². The van der Waals surface area contributed by atoms with Crippen LogP contribution in [-0.2, 0) is 0 Å². The molecule has 26 heavy (non-hydrogen) atoms. The minimum Gasteiger partial charge on any atom is -0.463 e. The molecule has 3 aromatic rings. The number of hydrogen-bond acceptors (Lipinski definition) is 3. The number of para-hydroxylation sites is 1. The van der Waals surface area contributed by atoms with Crippen molar-refractivity contribution < 1.29 is 9.21 Å². The first-order chi connectivity index (χ1) is 12.6. The Morgan fingerprint density at radius 1 is 1.15 bits per heavy atom. The van der Waals surface area contributed by atoms with E-state index >= 15 is 0 Å². The third kappa shape index (κ3) is 3.00. The summed E-state index contributed by atoms with van der Waals surface area (Å²) in [5, 5.41) is 0.898. The summed E-state index contributed by atoms with van der Waals surface area (Å²) in [5.74, 6) is 1.19. The van der Waals surface area contributed by atoms with Crippen LogP contribution in [0.3, 0.4) is 0 Å². The van der Waals surface area contributed by atoms with Crippen LogP contribution in [0.2, 0.25) is 0 Å². The SMILES string of the molecule is CC(C)[C@H](C)N(C(=O)c1cc(-c2ccco2)nc2ccccc12)C1CC1. The van der Waals surface area contributed by atoms with Crippen LogP contribution in [-0.4, -0.2) is 27.9 Å². The van der Waals surface area contributed by atoms with Gasteiger partial charge in [-0.25, -0.2) is 4.98 Å². The summed E-state index contributed by atoms with van der Waals surface area (Å²) < 4.78 is 5.52. The van der Waals surface area contributed by atoms with Crippen molar-refractivity contribution in [3.05, 3.63) is 54.3 Å². The number of carbonyl (C=O) groups is 1. The van der Waals surface area contributed by atoms with E-state index in [4.69, 9.17) is 9.40 Å². The van der Waals surface area contributed by atoms with E-state index in [1.54, 1.807) is 6.26 Å². The van der Waals surface area contributed by atoms with Gasteiger partial charge < -0.3 is 9.32 Å². The van der Waals surface area contributed by atoms with Crippen molar-refractivity contribution >= 4 is 16.8 Å². The van der Waals surface area contributed by atoms with Crippen molar-refractivity contribution in [2.45, 2.75) is 45.7 Å². The van der Waals surface area contributed by atoms with Gasteiger partial charge in [0.1, 0.15) is 5.69 Å². The molecule has 2 aromatic heterocycles. The Morgan fingerprint density at radius 2 is 1.92 bits per heavy atom. The molecule has 134 valence electrons. The fourth-order valence-electron chi connectivity index (χ4n) is 3.40. The molecule has 0 unspecified atom stereocenters. The van der Waals surface area contributed by atoms with Gasteiger partial charge in [-0.05, 0) is 49.9 Å². The predicted octanol–water partition coefficient (Wildman–Crippen LogP) is 5.14. The van der Waals surface area contributed by atoms with Crippen molar-refractivity contribution in [2.24, 2.45) is 5.92 Å². The van der Waals surface area contributed by atoms with Crippen LogP contribution in [0.5, 0.6) is 0 Å². The van der Waals surface area contributed by atoms with E-state index in [1.807, 2.05) is 42.5 Å². The second-order valence-electron chi connectivity index (χ2n) is 7.48. The van der Waals surface area contributed by atoms with Crippen molar-refractivity contribution in [3.63, 3.8) is 0 Å². The number of fused-ring (bicyclic) bond motifs is 1. The smallest absolute Gasteiger partial charge is 0.255 e. The maximum atomic E-state index is 13.6. The fourth-order valence-corrected chi connectivity index (χ4v) is 3.40. The molecular weight excluding hydrogens is 324 g/mol. The first kappa shape index (κ1) is 16.8. The van der Waals surface area contributed by atoms with Crippen LogP contribution >= 0.6 is 0 Å². The van der Waals surface area contributed by atoms with Crippen molar-refractivity contribution in [2.75, 3.05) is 0 Å². The van der Waals surface area contributed by atoms with Gasteiger partial charge in [-0.3, -0.25) is 4.79 Å². The van der Waals surface area contributed by atoms with Crippen LogP contribution in [0.4, 0.5) is 0 Å². The molecule has 1 amide bonds. The number of aromatic nitrogens is 1. The lowest BCUT2D eigenvalue weighted by atomic mass is 10.0. The largest absolute Gasteiger partial charge is 0.463 e. The number of amides is 1. The van der Waals surface area contributed by atoms with Gasteiger partial charge in [-0.2, -0.15) is 0 Å². The van der Waals surface area contributed by atoms with E-state index in [2.05, 4.69) is 25.7 Å². The lowest BCUT2D eigenvalue weighted by Gasteiger charge is -2.32. The molecule has 1 aliphatic carbocycles.